The molecule has 7 nitrogen and oxygen atoms in total. The van der Waals surface area contributed by atoms with E-state index < -0.39 is 0 Å². The first-order valence-electron chi connectivity index (χ1n) is 9.07. The van der Waals surface area contributed by atoms with Crippen molar-refractivity contribution in [1.82, 2.24) is 25.0 Å². The molecule has 2 fully saturated rings. The van der Waals surface area contributed by atoms with Crippen LogP contribution in [-0.4, -0.2) is 50.3 Å². The first-order chi connectivity index (χ1) is 11.8. The number of hydrogen-bond acceptors (Lipinski definition) is 5. The van der Waals surface area contributed by atoms with Gasteiger partial charge in [-0.3, -0.25) is 9.67 Å². The second-order valence-corrected chi connectivity index (χ2v) is 6.83. The lowest BCUT2D eigenvalue weighted by Gasteiger charge is -2.29. The van der Waals surface area contributed by atoms with Gasteiger partial charge in [0.15, 0.2) is 0 Å². The predicted octanol–water partition coefficient (Wildman–Crippen LogP) is 2.07. The highest BCUT2D eigenvalue weighted by Crippen LogP contribution is 2.31. The second-order valence-electron chi connectivity index (χ2n) is 6.83. The van der Waals surface area contributed by atoms with Gasteiger partial charge in [0.05, 0.1) is 24.3 Å². The van der Waals surface area contributed by atoms with Crippen LogP contribution in [0, 0.1) is 6.92 Å². The third-order valence-corrected chi connectivity index (χ3v) is 5.17. The molecule has 4 rings (SSSR count). The number of H-pyrrole nitrogens is 1. The molecule has 0 radical (unpaired) electrons. The quantitative estimate of drug-likeness (QED) is 0.908. The first kappa shape index (κ1) is 15.6. The Bertz CT molecular complexity index is 687. The van der Waals surface area contributed by atoms with E-state index in [-0.39, 0.29) is 0 Å². The zero-order chi connectivity index (χ0) is 16.5. The van der Waals surface area contributed by atoms with Crippen LogP contribution in [0.25, 0.3) is 0 Å². The highest BCUT2D eigenvalue weighted by molar-refractivity contribution is 5.36. The summed E-state index contributed by atoms with van der Waals surface area (Å²) >= 11 is 0. The van der Waals surface area contributed by atoms with E-state index in [2.05, 4.69) is 42.9 Å². The lowest BCUT2D eigenvalue weighted by atomic mass is 10.1. The summed E-state index contributed by atoms with van der Waals surface area (Å²) < 4.78 is 8.19. The molecule has 7 heteroatoms. The number of anilines is 1. The smallest absolute Gasteiger partial charge is 0.227 e. The number of hydrogen-bond donors (Lipinski definition) is 1. The van der Waals surface area contributed by atoms with E-state index in [1.807, 2.05) is 6.92 Å². The number of ether oxygens (including phenoxy) is 1. The van der Waals surface area contributed by atoms with E-state index in [0.717, 1.165) is 42.9 Å². The van der Waals surface area contributed by atoms with Gasteiger partial charge in [0.2, 0.25) is 5.95 Å². The third-order valence-electron chi connectivity index (χ3n) is 5.17. The van der Waals surface area contributed by atoms with Crippen molar-refractivity contribution in [2.45, 2.75) is 64.6 Å². The van der Waals surface area contributed by atoms with Crippen LogP contribution in [0.1, 0.15) is 49.8 Å². The molecule has 0 bridgehead atoms. The van der Waals surface area contributed by atoms with Gasteiger partial charge in [-0.1, -0.05) is 0 Å². The first-order valence-corrected chi connectivity index (χ1v) is 9.07. The van der Waals surface area contributed by atoms with E-state index in [4.69, 9.17) is 4.74 Å². The average Bonchev–Trinajstić information content (AvgIpc) is 3.34. The number of aromatic amines is 1. The molecule has 2 unspecified atom stereocenters. The normalized spacial score (nSPS) is 24.2. The minimum Gasteiger partial charge on any atom is -0.376 e. The number of rotatable bonds is 5. The van der Waals surface area contributed by atoms with Crippen LogP contribution in [0.15, 0.2) is 6.07 Å². The van der Waals surface area contributed by atoms with Crippen LogP contribution in [0.4, 0.5) is 5.95 Å². The van der Waals surface area contributed by atoms with Gasteiger partial charge in [0, 0.05) is 25.4 Å². The van der Waals surface area contributed by atoms with Crippen LogP contribution in [-0.2, 0) is 17.7 Å². The topological polar surface area (TPSA) is 71.9 Å². The SMILES string of the molecule is CCn1c(Cc2cc(C)[nH]n2)nnc1N1CCCC1C1CCCO1. The van der Waals surface area contributed by atoms with E-state index in [1.54, 1.807) is 0 Å². The van der Waals surface area contributed by atoms with Crippen LogP contribution >= 0.6 is 0 Å². The summed E-state index contributed by atoms with van der Waals surface area (Å²) in [4.78, 5) is 2.42. The number of aromatic nitrogens is 5. The van der Waals surface area contributed by atoms with Crippen molar-refractivity contribution < 1.29 is 4.74 Å². The van der Waals surface area contributed by atoms with Crippen molar-refractivity contribution in [2.24, 2.45) is 0 Å². The fourth-order valence-corrected chi connectivity index (χ4v) is 4.05. The lowest BCUT2D eigenvalue weighted by Crippen LogP contribution is -2.40. The van der Waals surface area contributed by atoms with E-state index in [1.165, 1.54) is 25.7 Å². The largest absolute Gasteiger partial charge is 0.376 e. The molecule has 0 spiro atoms. The molecular formula is C17H26N6O. The summed E-state index contributed by atoms with van der Waals surface area (Å²) in [6.07, 6.45) is 5.81. The summed E-state index contributed by atoms with van der Waals surface area (Å²) in [6.45, 7) is 6.99. The standard InChI is InChI=1S/C17H26N6O/c1-3-22-16(11-13-10-12(2)18-19-13)20-21-17(22)23-8-4-6-14(23)15-7-5-9-24-15/h10,14-15H,3-9,11H2,1-2H3,(H,18,19). The number of nitrogens with one attached hydrogen (secondary N) is 1. The van der Waals surface area contributed by atoms with Crippen molar-refractivity contribution in [3.8, 4) is 0 Å². The molecule has 1 N–H and O–H groups in total. The van der Waals surface area contributed by atoms with E-state index >= 15 is 0 Å². The van der Waals surface area contributed by atoms with Crippen LogP contribution in [0.5, 0.6) is 0 Å². The van der Waals surface area contributed by atoms with Crippen molar-refractivity contribution in [3.05, 3.63) is 23.3 Å². The number of aryl methyl sites for hydroxylation is 1. The minimum absolute atomic E-state index is 0.354. The molecule has 2 aromatic heterocycles. The summed E-state index contributed by atoms with van der Waals surface area (Å²) in [6, 6.07) is 2.52. The maximum absolute atomic E-state index is 5.95. The minimum atomic E-state index is 0.354. The van der Waals surface area contributed by atoms with Gasteiger partial charge in [-0.25, -0.2) is 0 Å². The van der Waals surface area contributed by atoms with Crippen LogP contribution in [0.3, 0.4) is 0 Å². The van der Waals surface area contributed by atoms with Crippen molar-refractivity contribution in [1.29, 1.82) is 0 Å². The summed E-state index contributed by atoms with van der Waals surface area (Å²) in [5.41, 5.74) is 2.09. The Morgan fingerprint density at radius 2 is 2.21 bits per heavy atom. The van der Waals surface area contributed by atoms with Gasteiger partial charge >= 0.3 is 0 Å². The fraction of sp³-hybridized carbons (Fsp3) is 0.706. The average molecular weight is 330 g/mol. The van der Waals surface area contributed by atoms with E-state index in [0.29, 0.717) is 18.6 Å². The monoisotopic (exact) mass is 330 g/mol. The Labute approximate surface area is 142 Å². The molecule has 0 amide bonds. The molecule has 2 saturated heterocycles. The van der Waals surface area contributed by atoms with Gasteiger partial charge in [-0.2, -0.15) is 5.10 Å². The Hall–Kier alpha value is -1.89. The van der Waals surface area contributed by atoms with Gasteiger partial charge in [0.25, 0.3) is 0 Å². The summed E-state index contributed by atoms with van der Waals surface area (Å²) in [5, 5.41) is 16.3. The Kier molecular flexibility index (Phi) is 4.26. The Morgan fingerprint density at radius 1 is 1.29 bits per heavy atom. The second kappa shape index (κ2) is 6.55. The maximum atomic E-state index is 5.95. The van der Waals surface area contributed by atoms with Gasteiger partial charge in [-0.15, -0.1) is 10.2 Å². The molecular weight excluding hydrogens is 304 g/mol. The summed E-state index contributed by atoms with van der Waals surface area (Å²) in [5.74, 6) is 1.98. The van der Waals surface area contributed by atoms with Gasteiger partial charge in [0.1, 0.15) is 5.82 Å². The zero-order valence-electron chi connectivity index (χ0n) is 14.5. The Morgan fingerprint density at radius 3 is 2.92 bits per heavy atom. The molecule has 130 valence electrons. The fourth-order valence-electron chi connectivity index (χ4n) is 4.05. The maximum Gasteiger partial charge on any atom is 0.227 e. The molecule has 0 saturated carbocycles. The molecule has 24 heavy (non-hydrogen) atoms. The zero-order valence-corrected chi connectivity index (χ0v) is 14.5. The molecule has 0 aliphatic carbocycles. The number of nitrogens with zero attached hydrogens (tertiary/aromatic N) is 5. The summed E-state index contributed by atoms with van der Waals surface area (Å²) in [7, 11) is 0. The highest BCUT2D eigenvalue weighted by atomic mass is 16.5. The Balaban J connectivity index is 1.58. The molecule has 4 heterocycles. The van der Waals surface area contributed by atoms with Crippen molar-refractivity contribution in [3.63, 3.8) is 0 Å². The predicted molar refractivity (Wildman–Crippen MR) is 91.2 cm³/mol. The van der Waals surface area contributed by atoms with Crippen LogP contribution < -0.4 is 4.90 Å². The van der Waals surface area contributed by atoms with E-state index in [9.17, 15) is 0 Å². The molecule has 2 aliphatic rings. The van der Waals surface area contributed by atoms with Crippen molar-refractivity contribution >= 4 is 5.95 Å². The van der Waals surface area contributed by atoms with Gasteiger partial charge in [-0.05, 0) is 45.6 Å². The lowest BCUT2D eigenvalue weighted by molar-refractivity contribution is 0.0905. The molecule has 2 aliphatic heterocycles. The molecule has 0 aromatic carbocycles. The van der Waals surface area contributed by atoms with Crippen molar-refractivity contribution in [2.75, 3.05) is 18.1 Å². The highest BCUT2D eigenvalue weighted by Gasteiger charge is 2.36. The third kappa shape index (κ3) is 2.81. The van der Waals surface area contributed by atoms with Crippen LogP contribution in [0.2, 0.25) is 0 Å². The molecule has 2 aromatic rings. The molecule has 2 atom stereocenters. The van der Waals surface area contributed by atoms with Gasteiger partial charge < -0.3 is 9.64 Å².